The van der Waals surface area contributed by atoms with Gasteiger partial charge in [-0.2, -0.15) is 0 Å². The van der Waals surface area contributed by atoms with Gasteiger partial charge in [-0.3, -0.25) is 29.6 Å². The van der Waals surface area contributed by atoms with E-state index in [2.05, 4.69) is 15.9 Å². The van der Waals surface area contributed by atoms with E-state index in [1.54, 1.807) is 38.1 Å². The average Bonchev–Trinajstić information content (AvgIpc) is 3.25. The standard InChI is InChI=1S/C19H20N4O6/c1-11-5-3-4-6-14(11)18(26)21-23-9-13(8-17(23)25)19(27)28-10-16(24)20-15-7-12(2)29-22-15/h3-7,13H,8-10H2,1-2H3,(H,21,26)(H,20,22,24)/t13-/m0/s1. The van der Waals surface area contributed by atoms with Crippen molar-refractivity contribution in [2.24, 2.45) is 5.92 Å². The molecule has 0 saturated carbocycles. The Morgan fingerprint density at radius 2 is 2.03 bits per heavy atom. The topological polar surface area (TPSA) is 131 Å². The van der Waals surface area contributed by atoms with E-state index in [0.29, 0.717) is 11.3 Å². The van der Waals surface area contributed by atoms with E-state index < -0.39 is 36.2 Å². The summed E-state index contributed by atoms with van der Waals surface area (Å²) < 4.78 is 9.79. The van der Waals surface area contributed by atoms with E-state index in [-0.39, 0.29) is 18.8 Å². The van der Waals surface area contributed by atoms with Crippen LogP contribution in [0, 0.1) is 19.8 Å². The van der Waals surface area contributed by atoms with Crippen LogP contribution in [0.3, 0.4) is 0 Å². The number of hydrazine groups is 1. The number of hydrogen-bond acceptors (Lipinski definition) is 7. The van der Waals surface area contributed by atoms with Crippen molar-refractivity contribution < 1.29 is 28.4 Å². The van der Waals surface area contributed by atoms with E-state index in [0.717, 1.165) is 10.6 Å². The summed E-state index contributed by atoms with van der Waals surface area (Å²) in [6.07, 6.45) is -0.114. The van der Waals surface area contributed by atoms with Gasteiger partial charge in [-0.1, -0.05) is 23.4 Å². The highest BCUT2D eigenvalue weighted by Crippen LogP contribution is 2.18. The third-order valence-electron chi connectivity index (χ3n) is 4.33. The largest absolute Gasteiger partial charge is 0.455 e. The zero-order valence-corrected chi connectivity index (χ0v) is 15.9. The minimum Gasteiger partial charge on any atom is -0.455 e. The van der Waals surface area contributed by atoms with Gasteiger partial charge in [0, 0.05) is 18.1 Å². The molecule has 0 aliphatic carbocycles. The first-order valence-corrected chi connectivity index (χ1v) is 8.90. The molecule has 1 aromatic carbocycles. The molecule has 2 N–H and O–H groups in total. The Morgan fingerprint density at radius 1 is 1.28 bits per heavy atom. The number of anilines is 1. The van der Waals surface area contributed by atoms with Crippen molar-refractivity contribution in [3.05, 3.63) is 47.2 Å². The SMILES string of the molecule is Cc1cc(NC(=O)COC(=O)[C@H]2CC(=O)N(NC(=O)c3ccccc3C)C2)no1. The van der Waals surface area contributed by atoms with E-state index >= 15 is 0 Å². The zero-order valence-electron chi connectivity index (χ0n) is 15.9. The number of amides is 3. The summed E-state index contributed by atoms with van der Waals surface area (Å²) in [4.78, 5) is 48.5. The molecule has 1 aliphatic heterocycles. The fraction of sp³-hybridized carbons (Fsp3) is 0.316. The molecule has 0 bridgehead atoms. The summed E-state index contributed by atoms with van der Waals surface area (Å²) in [6.45, 7) is 2.90. The maximum Gasteiger partial charge on any atom is 0.311 e. The Labute approximate surface area is 166 Å². The molecule has 2 heterocycles. The summed E-state index contributed by atoms with van der Waals surface area (Å²) >= 11 is 0. The van der Waals surface area contributed by atoms with Crippen molar-refractivity contribution in [3.63, 3.8) is 0 Å². The monoisotopic (exact) mass is 400 g/mol. The highest BCUT2D eigenvalue weighted by molar-refractivity contribution is 5.97. The van der Waals surface area contributed by atoms with Gasteiger partial charge in [-0.05, 0) is 25.5 Å². The molecule has 0 spiro atoms. The lowest BCUT2D eigenvalue weighted by Crippen LogP contribution is -2.43. The first kappa shape index (κ1) is 20.1. The van der Waals surface area contributed by atoms with Crippen LogP contribution in [-0.2, 0) is 19.1 Å². The van der Waals surface area contributed by atoms with Crippen molar-refractivity contribution in [1.82, 2.24) is 15.6 Å². The number of hydrogen-bond donors (Lipinski definition) is 2. The molecule has 1 aromatic heterocycles. The number of carbonyl (C=O) groups is 4. The van der Waals surface area contributed by atoms with Crippen LogP contribution in [-0.4, -0.2) is 47.0 Å². The maximum absolute atomic E-state index is 12.3. The second-order valence-corrected chi connectivity index (χ2v) is 6.64. The summed E-state index contributed by atoms with van der Waals surface area (Å²) in [5.74, 6) is -2.16. The fourth-order valence-corrected chi connectivity index (χ4v) is 2.84. The highest BCUT2D eigenvalue weighted by Gasteiger charge is 2.36. The van der Waals surface area contributed by atoms with Crippen LogP contribution in [0.5, 0.6) is 0 Å². The number of esters is 1. The van der Waals surface area contributed by atoms with Crippen molar-refractivity contribution in [1.29, 1.82) is 0 Å². The smallest absolute Gasteiger partial charge is 0.311 e. The van der Waals surface area contributed by atoms with Gasteiger partial charge < -0.3 is 14.6 Å². The average molecular weight is 400 g/mol. The van der Waals surface area contributed by atoms with Gasteiger partial charge in [-0.25, -0.2) is 0 Å². The van der Waals surface area contributed by atoms with Crippen LogP contribution >= 0.6 is 0 Å². The van der Waals surface area contributed by atoms with Crippen LogP contribution < -0.4 is 10.7 Å². The summed E-state index contributed by atoms with van der Waals surface area (Å²) in [6, 6.07) is 8.47. The molecule has 10 heteroatoms. The van der Waals surface area contributed by atoms with Gasteiger partial charge in [0.2, 0.25) is 5.91 Å². The van der Waals surface area contributed by atoms with Gasteiger partial charge in [0.1, 0.15) is 5.76 Å². The second kappa shape index (κ2) is 8.55. The van der Waals surface area contributed by atoms with Crippen LogP contribution in [0.1, 0.15) is 28.1 Å². The molecule has 10 nitrogen and oxygen atoms in total. The Balaban J connectivity index is 1.49. The summed E-state index contributed by atoms with van der Waals surface area (Å²) in [5.41, 5.74) is 3.71. The lowest BCUT2D eigenvalue weighted by molar-refractivity contribution is -0.151. The van der Waals surface area contributed by atoms with Gasteiger partial charge in [0.15, 0.2) is 12.4 Å². The summed E-state index contributed by atoms with van der Waals surface area (Å²) in [7, 11) is 0. The van der Waals surface area contributed by atoms with Crippen LogP contribution in [0.2, 0.25) is 0 Å². The number of rotatable bonds is 6. The quantitative estimate of drug-likeness (QED) is 0.691. The molecule has 3 rings (SSSR count). The number of carbonyl (C=O) groups excluding carboxylic acids is 4. The molecule has 0 radical (unpaired) electrons. The van der Waals surface area contributed by atoms with Crippen LogP contribution in [0.15, 0.2) is 34.9 Å². The molecule has 1 atom stereocenters. The second-order valence-electron chi connectivity index (χ2n) is 6.64. The van der Waals surface area contributed by atoms with E-state index in [1.807, 2.05) is 0 Å². The Hall–Kier alpha value is -3.69. The molecule has 0 unspecified atom stereocenters. The number of benzene rings is 1. The van der Waals surface area contributed by atoms with Crippen LogP contribution in [0.25, 0.3) is 0 Å². The maximum atomic E-state index is 12.3. The van der Waals surface area contributed by atoms with Crippen molar-refractivity contribution in [2.75, 3.05) is 18.5 Å². The third-order valence-corrected chi connectivity index (χ3v) is 4.33. The van der Waals surface area contributed by atoms with Crippen LogP contribution in [0.4, 0.5) is 5.82 Å². The number of aryl methyl sites for hydroxylation is 2. The minimum absolute atomic E-state index is 0.0284. The summed E-state index contributed by atoms with van der Waals surface area (Å²) in [5, 5.41) is 7.12. The molecular formula is C19H20N4O6. The van der Waals surface area contributed by atoms with Crippen molar-refractivity contribution >= 4 is 29.5 Å². The minimum atomic E-state index is -0.776. The Bertz CT molecular complexity index is 954. The fourth-order valence-electron chi connectivity index (χ4n) is 2.84. The molecule has 29 heavy (non-hydrogen) atoms. The molecule has 2 aromatic rings. The first-order chi connectivity index (χ1) is 13.8. The molecule has 152 valence electrons. The van der Waals surface area contributed by atoms with Gasteiger partial charge in [-0.15, -0.1) is 0 Å². The zero-order chi connectivity index (χ0) is 21.0. The van der Waals surface area contributed by atoms with Crippen molar-refractivity contribution in [3.8, 4) is 0 Å². The number of nitrogens with zero attached hydrogens (tertiary/aromatic N) is 2. The van der Waals surface area contributed by atoms with Crippen molar-refractivity contribution in [2.45, 2.75) is 20.3 Å². The Morgan fingerprint density at radius 3 is 2.72 bits per heavy atom. The molecule has 1 aliphatic rings. The predicted molar refractivity (Wildman–Crippen MR) is 99.3 cm³/mol. The number of aromatic nitrogens is 1. The third kappa shape index (κ3) is 4.98. The lowest BCUT2D eigenvalue weighted by Gasteiger charge is -2.18. The molecule has 1 fully saturated rings. The number of ether oxygens (including phenoxy) is 1. The Kier molecular flexibility index (Phi) is 5.91. The van der Waals surface area contributed by atoms with E-state index in [1.165, 1.54) is 6.07 Å². The number of nitrogens with one attached hydrogen (secondary N) is 2. The van der Waals surface area contributed by atoms with Gasteiger partial charge in [0.25, 0.3) is 11.8 Å². The van der Waals surface area contributed by atoms with E-state index in [4.69, 9.17) is 9.26 Å². The first-order valence-electron chi connectivity index (χ1n) is 8.90. The lowest BCUT2D eigenvalue weighted by atomic mass is 10.1. The normalized spacial score (nSPS) is 15.9. The molecular weight excluding hydrogens is 380 g/mol. The molecule has 3 amide bonds. The van der Waals surface area contributed by atoms with Gasteiger partial charge >= 0.3 is 5.97 Å². The van der Waals surface area contributed by atoms with E-state index in [9.17, 15) is 19.2 Å². The molecule has 1 saturated heterocycles. The van der Waals surface area contributed by atoms with Gasteiger partial charge in [0.05, 0.1) is 12.5 Å². The highest BCUT2D eigenvalue weighted by atomic mass is 16.5. The predicted octanol–water partition coefficient (Wildman–Crippen LogP) is 0.967.